The molecule has 1 aromatic carbocycles. The van der Waals surface area contributed by atoms with Gasteiger partial charge in [0.25, 0.3) is 0 Å². The van der Waals surface area contributed by atoms with Crippen molar-refractivity contribution in [2.45, 2.75) is 25.9 Å². The molecule has 0 aliphatic heterocycles. The normalized spacial score (nSPS) is 12.1. The van der Waals surface area contributed by atoms with Crippen molar-refractivity contribution in [3.8, 4) is 11.3 Å². The second kappa shape index (κ2) is 6.15. The zero-order valence-electron chi connectivity index (χ0n) is 10.8. The molecular weight excluding hydrogens is 242 g/mol. The molecule has 0 spiro atoms. The first-order chi connectivity index (χ1) is 9.15. The molecule has 1 aromatic heterocycles. The molecule has 100 valence electrons. The standard InChI is InChI=1S/C14H17N3O2/c1-10(18)5-6-14(19)16-12-4-2-3-11(9-12)13-7-8-15-17-13/h2-4,7-10,18H,5-6H2,1H3,(H,15,17)(H,16,19). The van der Waals surface area contributed by atoms with E-state index in [1.165, 1.54) is 0 Å². The summed E-state index contributed by atoms with van der Waals surface area (Å²) in [6.07, 6.45) is 2.00. The molecule has 0 fully saturated rings. The average molecular weight is 259 g/mol. The predicted octanol–water partition coefficient (Wildman–Crippen LogP) is 2.18. The van der Waals surface area contributed by atoms with Gasteiger partial charge in [0.05, 0.1) is 11.8 Å². The highest BCUT2D eigenvalue weighted by Crippen LogP contribution is 2.20. The van der Waals surface area contributed by atoms with Gasteiger partial charge in [-0.15, -0.1) is 0 Å². The minimum atomic E-state index is -0.456. The smallest absolute Gasteiger partial charge is 0.224 e. The fourth-order valence-corrected chi connectivity index (χ4v) is 1.74. The Morgan fingerprint density at radius 3 is 3.00 bits per heavy atom. The first-order valence-electron chi connectivity index (χ1n) is 6.23. The average Bonchev–Trinajstić information content (AvgIpc) is 2.90. The number of hydrogen-bond donors (Lipinski definition) is 3. The number of aromatic amines is 1. The number of amides is 1. The monoisotopic (exact) mass is 259 g/mol. The van der Waals surface area contributed by atoms with Crippen LogP contribution in [0.15, 0.2) is 36.5 Å². The number of nitrogens with zero attached hydrogens (tertiary/aromatic N) is 1. The number of carbonyl (C=O) groups is 1. The predicted molar refractivity (Wildman–Crippen MR) is 73.6 cm³/mol. The first kappa shape index (κ1) is 13.3. The molecule has 2 aromatic rings. The summed E-state index contributed by atoms with van der Waals surface area (Å²) >= 11 is 0. The Balaban J connectivity index is 2.01. The van der Waals surface area contributed by atoms with Gasteiger partial charge in [0.2, 0.25) is 5.91 Å². The molecule has 3 N–H and O–H groups in total. The van der Waals surface area contributed by atoms with Crippen molar-refractivity contribution in [2.75, 3.05) is 5.32 Å². The highest BCUT2D eigenvalue weighted by Gasteiger charge is 2.06. The van der Waals surface area contributed by atoms with Gasteiger partial charge >= 0.3 is 0 Å². The van der Waals surface area contributed by atoms with Gasteiger partial charge in [-0.05, 0) is 31.5 Å². The number of benzene rings is 1. The molecule has 0 aliphatic carbocycles. The van der Waals surface area contributed by atoms with E-state index in [-0.39, 0.29) is 5.91 Å². The second-order valence-corrected chi connectivity index (χ2v) is 4.49. The SMILES string of the molecule is CC(O)CCC(=O)Nc1cccc(-c2ccn[nH]2)c1. The largest absolute Gasteiger partial charge is 0.393 e. The Bertz CT molecular complexity index is 535. The maximum Gasteiger partial charge on any atom is 0.224 e. The summed E-state index contributed by atoms with van der Waals surface area (Å²) in [6.45, 7) is 1.67. The van der Waals surface area contributed by atoms with Gasteiger partial charge in [-0.1, -0.05) is 12.1 Å². The number of carbonyl (C=O) groups excluding carboxylic acids is 1. The van der Waals surface area contributed by atoms with Crippen molar-refractivity contribution < 1.29 is 9.90 Å². The van der Waals surface area contributed by atoms with Crippen LogP contribution in [0.1, 0.15) is 19.8 Å². The third-order valence-electron chi connectivity index (χ3n) is 2.75. The molecule has 2 rings (SSSR count). The molecule has 0 saturated carbocycles. The van der Waals surface area contributed by atoms with Crippen molar-refractivity contribution in [1.82, 2.24) is 10.2 Å². The lowest BCUT2D eigenvalue weighted by molar-refractivity contribution is -0.116. The molecule has 1 unspecified atom stereocenters. The molecule has 5 heteroatoms. The Morgan fingerprint density at radius 2 is 2.32 bits per heavy atom. The highest BCUT2D eigenvalue weighted by atomic mass is 16.3. The molecule has 0 saturated heterocycles. The molecule has 19 heavy (non-hydrogen) atoms. The summed E-state index contributed by atoms with van der Waals surface area (Å²) in [5.74, 6) is -0.0948. The number of anilines is 1. The Morgan fingerprint density at radius 1 is 1.47 bits per heavy atom. The van der Waals surface area contributed by atoms with Crippen LogP contribution in [0.2, 0.25) is 0 Å². The van der Waals surface area contributed by atoms with Crippen molar-refractivity contribution in [1.29, 1.82) is 0 Å². The van der Waals surface area contributed by atoms with Gasteiger partial charge in [0.1, 0.15) is 0 Å². The Labute approximate surface area is 111 Å². The minimum Gasteiger partial charge on any atom is -0.393 e. The van der Waals surface area contributed by atoms with E-state index in [1.807, 2.05) is 30.3 Å². The summed E-state index contributed by atoms with van der Waals surface area (Å²) < 4.78 is 0. The Hall–Kier alpha value is -2.14. The molecule has 1 amide bonds. The van der Waals surface area contributed by atoms with Crippen molar-refractivity contribution in [3.63, 3.8) is 0 Å². The summed E-state index contributed by atoms with van der Waals surface area (Å²) in [7, 11) is 0. The van der Waals surface area contributed by atoms with Gasteiger partial charge in [0, 0.05) is 23.9 Å². The summed E-state index contributed by atoms with van der Waals surface area (Å²) in [5, 5.41) is 18.7. The van der Waals surface area contributed by atoms with E-state index in [1.54, 1.807) is 13.1 Å². The maximum absolute atomic E-state index is 11.7. The zero-order valence-corrected chi connectivity index (χ0v) is 10.8. The van der Waals surface area contributed by atoms with Crippen molar-refractivity contribution in [2.24, 2.45) is 0 Å². The fourth-order valence-electron chi connectivity index (χ4n) is 1.74. The highest BCUT2D eigenvalue weighted by molar-refractivity contribution is 5.91. The molecule has 0 bridgehead atoms. The van der Waals surface area contributed by atoms with Crippen LogP contribution in [-0.2, 0) is 4.79 Å². The van der Waals surface area contributed by atoms with Gasteiger partial charge in [0.15, 0.2) is 0 Å². The molecule has 0 radical (unpaired) electrons. The summed E-state index contributed by atoms with van der Waals surface area (Å²) in [6, 6.07) is 9.40. The van der Waals surface area contributed by atoms with Gasteiger partial charge in [-0.2, -0.15) is 5.10 Å². The quantitative estimate of drug-likeness (QED) is 0.770. The molecule has 0 aliphatic rings. The van der Waals surface area contributed by atoms with E-state index in [9.17, 15) is 4.79 Å². The lowest BCUT2D eigenvalue weighted by atomic mass is 10.1. The molecular formula is C14H17N3O2. The minimum absolute atomic E-state index is 0.0948. The van der Waals surface area contributed by atoms with Crippen molar-refractivity contribution in [3.05, 3.63) is 36.5 Å². The van der Waals surface area contributed by atoms with Crippen LogP contribution >= 0.6 is 0 Å². The number of aliphatic hydroxyl groups excluding tert-OH is 1. The first-order valence-corrected chi connectivity index (χ1v) is 6.23. The van der Waals surface area contributed by atoms with E-state index in [2.05, 4.69) is 15.5 Å². The number of aromatic nitrogens is 2. The fraction of sp³-hybridized carbons (Fsp3) is 0.286. The van der Waals surface area contributed by atoms with Crippen LogP contribution < -0.4 is 5.32 Å². The van der Waals surface area contributed by atoms with E-state index in [4.69, 9.17) is 5.11 Å². The van der Waals surface area contributed by atoms with E-state index >= 15 is 0 Å². The van der Waals surface area contributed by atoms with Crippen LogP contribution in [0.4, 0.5) is 5.69 Å². The lowest BCUT2D eigenvalue weighted by Crippen LogP contribution is -2.14. The molecule has 1 heterocycles. The second-order valence-electron chi connectivity index (χ2n) is 4.49. The van der Waals surface area contributed by atoms with Crippen LogP contribution in [0, 0.1) is 0 Å². The zero-order chi connectivity index (χ0) is 13.7. The molecule has 5 nitrogen and oxygen atoms in total. The van der Waals surface area contributed by atoms with Crippen molar-refractivity contribution >= 4 is 11.6 Å². The summed E-state index contributed by atoms with van der Waals surface area (Å²) in [4.78, 5) is 11.7. The van der Waals surface area contributed by atoms with E-state index in [0.717, 1.165) is 16.9 Å². The van der Waals surface area contributed by atoms with Gasteiger partial charge in [-0.25, -0.2) is 0 Å². The Kier molecular flexibility index (Phi) is 4.30. The van der Waals surface area contributed by atoms with Gasteiger partial charge < -0.3 is 10.4 Å². The maximum atomic E-state index is 11.7. The van der Waals surface area contributed by atoms with Gasteiger partial charge in [-0.3, -0.25) is 9.89 Å². The van der Waals surface area contributed by atoms with Crippen LogP contribution in [-0.4, -0.2) is 27.3 Å². The molecule has 1 atom stereocenters. The van der Waals surface area contributed by atoms with Crippen LogP contribution in [0.5, 0.6) is 0 Å². The van der Waals surface area contributed by atoms with Crippen LogP contribution in [0.25, 0.3) is 11.3 Å². The van der Waals surface area contributed by atoms with E-state index in [0.29, 0.717) is 12.8 Å². The number of aliphatic hydroxyl groups is 1. The number of rotatable bonds is 5. The third-order valence-corrected chi connectivity index (χ3v) is 2.75. The van der Waals surface area contributed by atoms with E-state index < -0.39 is 6.10 Å². The number of hydrogen-bond acceptors (Lipinski definition) is 3. The lowest BCUT2D eigenvalue weighted by Gasteiger charge is -2.07. The topological polar surface area (TPSA) is 78.0 Å². The number of H-pyrrole nitrogens is 1. The third kappa shape index (κ3) is 3.93. The van der Waals surface area contributed by atoms with Crippen LogP contribution in [0.3, 0.4) is 0 Å². The number of nitrogens with one attached hydrogen (secondary N) is 2. The summed E-state index contributed by atoms with van der Waals surface area (Å²) in [5.41, 5.74) is 2.61.